The highest BCUT2D eigenvalue weighted by molar-refractivity contribution is 5.65. The lowest BCUT2D eigenvalue weighted by Gasteiger charge is -2.03. The molecule has 1 saturated carbocycles. The minimum Gasteiger partial charge on any atom is -0.497 e. The van der Waals surface area contributed by atoms with E-state index in [1.807, 2.05) is 12.1 Å². The zero-order valence-electron chi connectivity index (χ0n) is 9.60. The molecule has 0 aliphatic heterocycles. The first-order chi connectivity index (χ1) is 7.70. The van der Waals surface area contributed by atoms with E-state index in [-0.39, 0.29) is 5.97 Å². The lowest BCUT2D eigenvalue weighted by Crippen LogP contribution is -2.02. The van der Waals surface area contributed by atoms with Crippen LogP contribution in [0.4, 0.5) is 0 Å². The number of carbonyl (C=O) groups excluding carboxylic acids is 1. The average molecular weight is 220 g/mol. The molecule has 16 heavy (non-hydrogen) atoms. The summed E-state index contributed by atoms with van der Waals surface area (Å²) in [6.45, 7) is 2.00. The predicted octanol–water partition coefficient (Wildman–Crippen LogP) is 2.36. The van der Waals surface area contributed by atoms with Gasteiger partial charge in [-0.2, -0.15) is 0 Å². The molecule has 1 aromatic rings. The molecule has 1 aromatic carbocycles. The second kappa shape index (κ2) is 4.56. The standard InChI is InChI=1S/C13H16O3/c1-9(14)16-8-11-7-13(11)10-3-5-12(15-2)6-4-10/h3-6,11,13H,7-8H2,1-2H3/t11-,13+/m0/s1. The van der Waals surface area contributed by atoms with Gasteiger partial charge in [0, 0.05) is 12.8 Å². The number of hydrogen-bond donors (Lipinski definition) is 0. The third kappa shape index (κ3) is 2.54. The average Bonchev–Trinajstić information content (AvgIpc) is 3.06. The zero-order chi connectivity index (χ0) is 11.5. The molecular weight excluding hydrogens is 204 g/mol. The molecule has 0 unspecified atom stereocenters. The highest BCUT2D eigenvalue weighted by Gasteiger charge is 2.38. The van der Waals surface area contributed by atoms with Gasteiger partial charge in [-0.1, -0.05) is 12.1 Å². The van der Waals surface area contributed by atoms with Crippen LogP contribution in [-0.2, 0) is 9.53 Å². The second-order valence-corrected chi connectivity index (χ2v) is 4.18. The maximum atomic E-state index is 10.7. The monoisotopic (exact) mass is 220 g/mol. The van der Waals surface area contributed by atoms with Gasteiger partial charge in [-0.15, -0.1) is 0 Å². The topological polar surface area (TPSA) is 35.5 Å². The largest absolute Gasteiger partial charge is 0.497 e. The van der Waals surface area contributed by atoms with Crippen molar-refractivity contribution in [3.8, 4) is 5.75 Å². The molecule has 3 heteroatoms. The van der Waals surface area contributed by atoms with Gasteiger partial charge in [-0.3, -0.25) is 4.79 Å². The van der Waals surface area contributed by atoms with E-state index in [0.717, 1.165) is 12.2 Å². The Morgan fingerprint density at radius 1 is 1.38 bits per heavy atom. The smallest absolute Gasteiger partial charge is 0.302 e. The Morgan fingerprint density at radius 3 is 2.62 bits per heavy atom. The minimum absolute atomic E-state index is 0.194. The molecule has 0 heterocycles. The van der Waals surface area contributed by atoms with Crippen LogP contribution in [0.5, 0.6) is 5.75 Å². The van der Waals surface area contributed by atoms with E-state index in [9.17, 15) is 4.79 Å². The van der Waals surface area contributed by atoms with Crippen molar-refractivity contribution >= 4 is 5.97 Å². The first-order valence-corrected chi connectivity index (χ1v) is 5.48. The van der Waals surface area contributed by atoms with Crippen LogP contribution < -0.4 is 4.74 Å². The van der Waals surface area contributed by atoms with E-state index >= 15 is 0 Å². The molecule has 86 valence electrons. The SMILES string of the molecule is COc1ccc([C@H]2C[C@H]2COC(C)=O)cc1. The summed E-state index contributed by atoms with van der Waals surface area (Å²) in [5.41, 5.74) is 1.30. The normalized spacial score (nSPS) is 22.6. The van der Waals surface area contributed by atoms with Gasteiger partial charge >= 0.3 is 5.97 Å². The van der Waals surface area contributed by atoms with Crippen LogP contribution in [0.1, 0.15) is 24.8 Å². The van der Waals surface area contributed by atoms with Crippen molar-refractivity contribution in [3.63, 3.8) is 0 Å². The van der Waals surface area contributed by atoms with Crippen LogP contribution in [0.3, 0.4) is 0 Å². The van der Waals surface area contributed by atoms with Crippen molar-refractivity contribution in [2.24, 2.45) is 5.92 Å². The summed E-state index contributed by atoms with van der Waals surface area (Å²) in [6.07, 6.45) is 1.11. The van der Waals surface area contributed by atoms with Crippen LogP contribution in [0.25, 0.3) is 0 Å². The molecule has 0 amide bonds. The maximum Gasteiger partial charge on any atom is 0.302 e. The molecule has 3 nitrogen and oxygen atoms in total. The quantitative estimate of drug-likeness (QED) is 0.731. The molecular formula is C13H16O3. The highest BCUT2D eigenvalue weighted by atomic mass is 16.5. The number of rotatable bonds is 4. The van der Waals surface area contributed by atoms with Crippen molar-refractivity contribution in [1.29, 1.82) is 0 Å². The van der Waals surface area contributed by atoms with E-state index in [1.54, 1.807) is 7.11 Å². The Balaban J connectivity index is 1.88. The van der Waals surface area contributed by atoms with Crippen molar-refractivity contribution in [2.45, 2.75) is 19.3 Å². The summed E-state index contributed by atoms with van der Waals surface area (Å²) in [4.78, 5) is 10.7. The first-order valence-electron chi connectivity index (χ1n) is 5.48. The molecule has 0 spiro atoms. The van der Waals surface area contributed by atoms with Gasteiger partial charge in [0.05, 0.1) is 13.7 Å². The van der Waals surface area contributed by atoms with E-state index < -0.39 is 0 Å². The fourth-order valence-electron chi connectivity index (χ4n) is 1.92. The summed E-state index contributed by atoms with van der Waals surface area (Å²) in [5.74, 6) is 1.73. The molecule has 0 aromatic heterocycles. The number of ether oxygens (including phenoxy) is 2. The van der Waals surface area contributed by atoms with Gasteiger partial charge in [-0.05, 0) is 30.0 Å². The molecule has 0 N–H and O–H groups in total. The van der Waals surface area contributed by atoms with Crippen molar-refractivity contribution < 1.29 is 14.3 Å². The molecule has 1 aliphatic rings. The molecule has 0 saturated heterocycles. The van der Waals surface area contributed by atoms with E-state index in [1.165, 1.54) is 12.5 Å². The van der Waals surface area contributed by atoms with Crippen molar-refractivity contribution in [1.82, 2.24) is 0 Å². The lowest BCUT2D eigenvalue weighted by atomic mass is 10.1. The third-order valence-corrected chi connectivity index (χ3v) is 2.97. The van der Waals surface area contributed by atoms with Gasteiger partial charge in [0.15, 0.2) is 0 Å². The van der Waals surface area contributed by atoms with Crippen molar-refractivity contribution in [2.75, 3.05) is 13.7 Å². The maximum absolute atomic E-state index is 10.7. The van der Waals surface area contributed by atoms with E-state index in [2.05, 4.69) is 12.1 Å². The second-order valence-electron chi connectivity index (χ2n) is 4.18. The Bertz CT molecular complexity index is 369. The number of carbonyl (C=O) groups is 1. The van der Waals surface area contributed by atoms with E-state index in [4.69, 9.17) is 9.47 Å². The van der Waals surface area contributed by atoms with Crippen LogP contribution in [0.15, 0.2) is 24.3 Å². The summed E-state index contributed by atoms with van der Waals surface area (Å²) in [7, 11) is 1.66. The summed E-state index contributed by atoms with van der Waals surface area (Å²) < 4.78 is 10.1. The van der Waals surface area contributed by atoms with Gasteiger partial charge in [0.2, 0.25) is 0 Å². The first kappa shape index (κ1) is 11.0. The summed E-state index contributed by atoms with van der Waals surface area (Å²) in [6, 6.07) is 8.10. The van der Waals surface area contributed by atoms with Gasteiger partial charge in [0.25, 0.3) is 0 Å². The number of hydrogen-bond acceptors (Lipinski definition) is 3. The fraction of sp³-hybridized carbons (Fsp3) is 0.462. The number of esters is 1. The Labute approximate surface area is 95.4 Å². The van der Waals surface area contributed by atoms with Gasteiger partial charge < -0.3 is 9.47 Å². The number of benzene rings is 1. The Morgan fingerprint density at radius 2 is 2.06 bits per heavy atom. The van der Waals surface area contributed by atoms with E-state index in [0.29, 0.717) is 18.4 Å². The summed E-state index contributed by atoms with van der Waals surface area (Å²) in [5, 5.41) is 0. The molecule has 0 radical (unpaired) electrons. The zero-order valence-corrected chi connectivity index (χ0v) is 9.60. The lowest BCUT2D eigenvalue weighted by molar-refractivity contribution is -0.141. The Hall–Kier alpha value is -1.51. The van der Waals surface area contributed by atoms with Crippen LogP contribution in [-0.4, -0.2) is 19.7 Å². The van der Waals surface area contributed by atoms with Crippen LogP contribution in [0.2, 0.25) is 0 Å². The molecule has 0 bridgehead atoms. The highest BCUT2D eigenvalue weighted by Crippen LogP contribution is 2.47. The van der Waals surface area contributed by atoms with Crippen molar-refractivity contribution in [3.05, 3.63) is 29.8 Å². The molecule has 2 rings (SSSR count). The fourth-order valence-corrected chi connectivity index (χ4v) is 1.92. The van der Waals surface area contributed by atoms with Gasteiger partial charge in [0.1, 0.15) is 5.75 Å². The molecule has 1 fully saturated rings. The van der Waals surface area contributed by atoms with Crippen LogP contribution >= 0.6 is 0 Å². The predicted molar refractivity (Wildman–Crippen MR) is 60.5 cm³/mol. The third-order valence-electron chi connectivity index (χ3n) is 2.97. The minimum atomic E-state index is -0.194. The Kier molecular flexibility index (Phi) is 3.13. The van der Waals surface area contributed by atoms with Crippen LogP contribution in [0, 0.1) is 5.92 Å². The molecule has 1 aliphatic carbocycles. The van der Waals surface area contributed by atoms with Gasteiger partial charge in [-0.25, -0.2) is 0 Å². The summed E-state index contributed by atoms with van der Waals surface area (Å²) >= 11 is 0. The molecule has 2 atom stereocenters. The number of methoxy groups -OCH3 is 1.